The van der Waals surface area contributed by atoms with E-state index in [1.807, 2.05) is 11.7 Å². The van der Waals surface area contributed by atoms with Crippen LogP contribution in [-0.2, 0) is 18.4 Å². The molecule has 3 heterocycles. The molecule has 158 valence electrons. The third-order valence-electron chi connectivity index (χ3n) is 5.69. The highest BCUT2D eigenvalue weighted by Gasteiger charge is 2.24. The fourth-order valence-corrected chi connectivity index (χ4v) is 3.87. The first-order valence-corrected chi connectivity index (χ1v) is 9.24. The molecule has 0 aliphatic carbocycles. The predicted octanol–water partition coefficient (Wildman–Crippen LogP) is 2.34. The molecule has 2 aliphatic rings. The van der Waals surface area contributed by atoms with Crippen LogP contribution in [0.3, 0.4) is 0 Å². The van der Waals surface area contributed by atoms with Crippen LogP contribution in [0.15, 0.2) is 0 Å². The van der Waals surface area contributed by atoms with Gasteiger partial charge < -0.3 is 10.2 Å². The van der Waals surface area contributed by atoms with Gasteiger partial charge in [0.25, 0.3) is 0 Å². The highest BCUT2D eigenvalue weighted by molar-refractivity contribution is 5.86. The summed E-state index contributed by atoms with van der Waals surface area (Å²) in [7, 11) is 2.00. The van der Waals surface area contributed by atoms with E-state index in [9.17, 15) is 4.79 Å². The van der Waals surface area contributed by atoms with E-state index in [0.717, 1.165) is 57.9 Å². The number of carbonyl (C=O) groups is 1. The van der Waals surface area contributed by atoms with Crippen LogP contribution < -0.4 is 5.32 Å². The SMILES string of the molecule is Cc1nn(C)c(C)c1CN1CCN(C(=O)CCC2CCNC2)CC1.Cl.Cl.Cl. The molecule has 2 fully saturated rings. The van der Waals surface area contributed by atoms with Gasteiger partial charge in [-0.2, -0.15) is 5.10 Å². The Bertz CT molecular complexity index is 582. The summed E-state index contributed by atoms with van der Waals surface area (Å²) in [4.78, 5) is 16.9. The van der Waals surface area contributed by atoms with Gasteiger partial charge in [-0.15, -0.1) is 37.2 Å². The molecule has 1 amide bonds. The third kappa shape index (κ3) is 6.79. The Morgan fingerprint density at radius 2 is 1.81 bits per heavy atom. The second-order valence-corrected chi connectivity index (χ2v) is 7.33. The summed E-state index contributed by atoms with van der Waals surface area (Å²) in [5.74, 6) is 1.04. The number of nitrogens with zero attached hydrogens (tertiary/aromatic N) is 4. The Morgan fingerprint density at radius 3 is 2.33 bits per heavy atom. The summed E-state index contributed by atoms with van der Waals surface area (Å²) in [5, 5.41) is 7.88. The zero-order chi connectivity index (χ0) is 17.1. The average Bonchev–Trinajstić information content (AvgIpc) is 3.18. The van der Waals surface area contributed by atoms with E-state index in [1.54, 1.807) is 0 Å². The van der Waals surface area contributed by atoms with Crippen LogP contribution in [0.5, 0.6) is 0 Å². The second kappa shape index (κ2) is 12.1. The van der Waals surface area contributed by atoms with E-state index < -0.39 is 0 Å². The van der Waals surface area contributed by atoms with Crippen LogP contribution in [0.25, 0.3) is 0 Å². The van der Waals surface area contributed by atoms with Gasteiger partial charge in [-0.3, -0.25) is 14.4 Å². The standard InChI is InChI=1S/C18H31N5O.3ClH/c1-14-17(15(2)21(3)20-14)13-22-8-10-23(11-9-22)18(24)5-4-16-6-7-19-12-16;;;/h16,19H,4-13H2,1-3H3;3*1H. The molecule has 0 bridgehead atoms. The number of hydrogen-bond donors (Lipinski definition) is 1. The number of hydrogen-bond acceptors (Lipinski definition) is 4. The quantitative estimate of drug-likeness (QED) is 0.760. The molecule has 2 saturated heterocycles. The molecule has 1 aromatic heterocycles. The number of nitrogens with one attached hydrogen (secondary N) is 1. The van der Waals surface area contributed by atoms with Crippen LogP contribution in [0, 0.1) is 19.8 Å². The zero-order valence-corrected chi connectivity index (χ0v) is 19.0. The van der Waals surface area contributed by atoms with Crippen molar-refractivity contribution in [3.63, 3.8) is 0 Å². The van der Waals surface area contributed by atoms with Crippen molar-refractivity contribution in [1.29, 1.82) is 0 Å². The Balaban J connectivity index is 0.00000225. The van der Waals surface area contributed by atoms with Crippen molar-refractivity contribution in [1.82, 2.24) is 24.9 Å². The predicted molar refractivity (Wildman–Crippen MR) is 116 cm³/mol. The Hall–Kier alpha value is -0.530. The lowest BCUT2D eigenvalue weighted by atomic mass is 10.0. The number of amides is 1. The van der Waals surface area contributed by atoms with Crippen molar-refractivity contribution in [2.75, 3.05) is 39.3 Å². The molecule has 1 N–H and O–H groups in total. The van der Waals surface area contributed by atoms with E-state index in [0.29, 0.717) is 18.2 Å². The van der Waals surface area contributed by atoms with Gasteiger partial charge >= 0.3 is 0 Å². The number of halogens is 3. The summed E-state index contributed by atoms with van der Waals surface area (Å²) in [6.07, 6.45) is 2.98. The first-order valence-electron chi connectivity index (χ1n) is 9.24. The maximum atomic E-state index is 12.4. The van der Waals surface area contributed by atoms with Gasteiger partial charge in [-0.25, -0.2) is 0 Å². The number of aryl methyl sites for hydroxylation is 2. The molecule has 3 rings (SSSR count). The largest absolute Gasteiger partial charge is 0.340 e. The first kappa shape index (κ1) is 26.5. The minimum atomic E-state index is 0. The minimum absolute atomic E-state index is 0. The van der Waals surface area contributed by atoms with Crippen molar-refractivity contribution in [3.8, 4) is 0 Å². The maximum Gasteiger partial charge on any atom is 0.222 e. The molecule has 0 aromatic carbocycles. The number of carbonyl (C=O) groups excluding carboxylic acids is 1. The van der Waals surface area contributed by atoms with Gasteiger partial charge in [-0.1, -0.05) is 0 Å². The van der Waals surface area contributed by atoms with Gasteiger partial charge in [-0.05, 0) is 45.7 Å². The Morgan fingerprint density at radius 1 is 1.15 bits per heavy atom. The molecule has 1 aromatic rings. The van der Waals surface area contributed by atoms with Crippen LogP contribution in [0.2, 0.25) is 0 Å². The van der Waals surface area contributed by atoms with Crippen molar-refractivity contribution in [2.24, 2.45) is 13.0 Å². The smallest absolute Gasteiger partial charge is 0.222 e. The zero-order valence-electron chi connectivity index (χ0n) is 16.6. The molecule has 27 heavy (non-hydrogen) atoms. The van der Waals surface area contributed by atoms with Gasteiger partial charge in [0.15, 0.2) is 0 Å². The maximum absolute atomic E-state index is 12.4. The topological polar surface area (TPSA) is 53.4 Å². The molecule has 0 spiro atoms. The van der Waals surface area contributed by atoms with Gasteiger partial charge in [0.05, 0.1) is 5.69 Å². The lowest BCUT2D eigenvalue weighted by molar-refractivity contribution is -0.133. The average molecular weight is 443 g/mol. The molecule has 2 aliphatic heterocycles. The normalized spacial score (nSPS) is 19.8. The minimum Gasteiger partial charge on any atom is -0.340 e. The molecule has 1 atom stereocenters. The van der Waals surface area contributed by atoms with E-state index in [-0.39, 0.29) is 37.2 Å². The summed E-state index contributed by atoms with van der Waals surface area (Å²) < 4.78 is 1.96. The van der Waals surface area contributed by atoms with E-state index >= 15 is 0 Å². The van der Waals surface area contributed by atoms with E-state index in [4.69, 9.17) is 0 Å². The monoisotopic (exact) mass is 441 g/mol. The highest BCUT2D eigenvalue weighted by Crippen LogP contribution is 2.18. The lowest BCUT2D eigenvalue weighted by Crippen LogP contribution is -2.48. The van der Waals surface area contributed by atoms with Crippen molar-refractivity contribution < 1.29 is 4.79 Å². The number of piperazine rings is 1. The molecule has 9 heteroatoms. The Kier molecular flexibility index (Phi) is 11.9. The summed E-state index contributed by atoms with van der Waals surface area (Å²) in [6, 6.07) is 0. The summed E-state index contributed by atoms with van der Waals surface area (Å²) in [6.45, 7) is 11.0. The van der Waals surface area contributed by atoms with Crippen molar-refractivity contribution in [2.45, 2.75) is 39.7 Å². The van der Waals surface area contributed by atoms with Crippen LogP contribution in [-0.4, -0.2) is 64.8 Å². The van der Waals surface area contributed by atoms with Crippen molar-refractivity contribution in [3.05, 3.63) is 17.0 Å². The van der Waals surface area contributed by atoms with Crippen LogP contribution in [0.4, 0.5) is 0 Å². The molecular formula is C18H34Cl3N5O. The van der Waals surface area contributed by atoms with Crippen LogP contribution >= 0.6 is 37.2 Å². The summed E-state index contributed by atoms with van der Waals surface area (Å²) >= 11 is 0. The molecule has 1 unspecified atom stereocenters. The third-order valence-corrected chi connectivity index (χ3v) is 5.69. The Labute approximate surface area is 181 Å². The van der Waals surface area contributed by atoms with Crippen molar-refractivity contribution >= 4 is 43.1 Å². The van der Waals surface area contributed by atoms with Crippen LogP contribution in [0.1, 0.15) is 36.2 Å². The highest BCUT2D eigenvalue weighted by atomic mass is 35.5. The van der Waals surface area contributed by atoms with E-state index in [1.165, 1.54) is 17.7 Å². The van der Waals surface area contributed by atoms with Gasteiger partial charge in [0.1, 0.15) is 0 Å². The molecule has 6 nitrogen and oxygen atoms in total. The number of aromatic nitrogens is 2. The first-order chi connectivity index (χ1) is 11.5. The molecular weight excluding hydrogens is 409 g/mol. The fourth-order valence-electron chi connectivity index (χ4n) is 3.87. The number of rotatable bonds is 5. The fraction of sp³-hybridized carbons (Fsp3) is 0.778. The van der Waals surface area contributed by atoms with Gasteiger partial charge in [0, 0.05) is 57.4 Å². The van der Waals surface area contributed by atoms with Gasteiger partial charge in [0.2, 0.25) is 5.91 Å². The van der Waals surface area contributed by atoms with E-state index in [2.05, 4.69) is 34.1 Å². The summed E-state index contributed by atoms with van der Waals surface area (Å²) in [5.41, 5.74) is 3.71. The molecule has 0 radical (unpaired) electrons. The molecule has 0 saturated carbocycles. The lowest BCUT2D eigenvalue weighted by Gasteiger charge is -2.35. The second-order valence-electron chi connectivity index (χ2n) is 7.33.